The molecule has 0 aliphatic heterocycles. The van der Waals surface area contributed by atoms with E-state index in [1.807, 2.05) is 27.1 Å². The summed E-state index contributed by atoms with van der Waals surface area (Å²) in [7, 11) is 1.81. The number of carbonyl (C=O) groups is 1. The number of hydrogen-bond donors (Lipinski definition) is 1. The molecule has 0 aliphatic carbocycles. The maximum Gasteiger partial charge on any atom is 0.270 e. The maximum absolute atomic E-state index is 12.2. The van der Waals surface area contributed by atoms with Crippen molar-refractivity contribution >= 4 is 11.6 Å². The number of nitrogens with zero attached hydrogens (tertiary/aromatic N) is 3. The van der Waals surface area contributed by atoms with Crippen LogP contribution in [0, 0.1) is 17.0 Å². The van der Waals surface area contributed by atoms with Crippen LogP contribution >= 0.6 is 0 Å². The molecule has 0 fully saturated rings. The third-order valence-corrected chi connectivity index (χ3v) is 3.18. The Labute approximate surface area is 121 Å². The van der Waals surface area contributed by atoms with Gasteiger partial charge in [0.2, 0.25) is 0 Å². The quantitative estimate of drug-likeness (QED) is 0.689. The lowest BCUT2D eigenvalue weighted by atomic mass is 10.1. The summed E-state index contributed by atoms with van der Waals surface area (Å²) >= 11 is 0. The van der Waals surface area contributed by atoms with Crippen molar-refractivity contribution in [3.63, 3.8) is 0 Å². The number of benzene rings is 1. The first-order valence-corrected chi connectivity index (χ1v) is 6.44. The summed E-state index contributed by atoms with van der Waals surface area (Å²) in [4.78, 5) is 22.4. The summed E-state index contributed by atoms with van der Waals surface area (Å²) in [5, 5.41) is 17.8. The Morgan fingerprint density at radius 1 is 1.48 bits per heavy atom. The maximum atomic E-state index is 12.2. The fraction of sp³-hybridized carbons (Fsp3) is 0.286. The van der Waals surface area contributed by atoms with Crippen LogP contribution in [0.1, 0.15) is 34.6 Å². The van der Waals surface area contributed by atoms with Gasteiger partial charge in [-0.05, 0) is 19.9 Å². The van der Waals surface area contributed by atoms with Gasteiger partial charge in [-0.15, -0.1) is 0 Å². The van der Waals surface area contributed by atoms with Gasteiger partial charge in [-0.1, -0.05) is 6.07 Å². The zero-order valence-corrected chi connectivity index (χ0v) is 12.0. The molecule has 1 N–H and O–H groups in total. The van der Waals surface area contributed by atoms with E-state index in [0.717, 1.165) is 11.3 Å². The normalized spacial score (nSPS) is 12.0. The minimum absolute atomic E-state index is 0.104. The number of aryl methyl sites for hydroxylation is 2. The van der Waals surface area contributed by atoms with Crippen molar-refractivity contribution < 1.29 is 9.72 Å². The number of rotatable bonds is 4. The van der Waals surface area contributed by atoms with Gasteiger partial charge in [-0.3, -0.25) is 19.6 Å². The molecule has 2 rings (SSSR count). The number of amides is 1. The van der Waals surface area contributed by atoms with Crippen LogP contribution < -0.4 is 5.32 Å². The lowest BCUT2D eigenvalue weighted by Gasteiger charge is -2.13. The van der Waals surface area contributed by atoms with Gasteiger partial charge in [0.1, 0.15) is 0 Å². The number of nitrogens with one attached hydrogen (secondary N) is 1. The second-order valence-corrected chi connectivity index (χ2v) is 4.85. The van der Waals surface area contributed by atoms with Crippen molar-refractivity contribution in [1.82, 2.24) is 15.1 Å². The van der Waals surface area contributed by atoms with Gasteiger partial charge in [0.15, 0.2) is 0 Å². The van der Waals surface area contributed by atoms with Gasteiger partial charge in [-0.25, -0.2) is 0 Å². The smallest absolute Gasteiger partial charge is 0.270 e. The van der Waals surface area contributed by atoms with Crippen molar-refractivity contribution in [1.29, 1.82) is 0 Å². The number of aromatic nitrogens is 2. The molecule has 1 aromatic heterocycles. The predicted octanol–water partition coefficient (Wildman–Crippen LogP) is 2.13. The van der Waals surface area contributed by atoms with Crippen molar-refractivity contribution in [3.8, 4) is 0 Å². The molecule has 0 bridgehead atoms. The van der Waals surface area contributed by atoms with Gasteiger partial charge < -0.3 is 5.32 Å². The number of nitro groups is 1. The fourth-order valence-corrected chi connectivity index (χ4v) is 2.16. The van der Waals surface area contributed by atoms with Crippen LogP contribution in [0.5, 0.6) is 0 Å². The molecule has 1 unspecified atom stereocenters. The van der Waals surface area contributed by atoms with E-state index in [2.05, 4.69) is 10.4 Å². The minimum atomic E-state index is -0.522. The molecule has 7 heteroatoms. The lowest BCUT2D eigenvalue weighted by molar-refractivity contribution is -0.384. The molecule has 110 valence electrons. The molecule has 0 spiro atoms. The molecule has 1 amide bonds. The van der Waals surface area contributed by atoms with Crippen molar-refractivity contribution in [2.24, 2.45) is 7.05 Å². The summed E-state index contributed by atoms with van der Waals surface area (Å²) in [5.41, 5.74) is 1.91. The monoisotopic (exact) mass is 288 g/mol. The van der Waals surface area contributed by atoms with Crippen LogP contribution in [-0.4, -0.2) is 20.6 Å². The highest BCUT2D eigenvalue weighted by molar-refractivity contribution is 5.95. The van der Waals surface area contributed by atoms with E-state index in [1.165, 1.54) is 18.2 Å². The molecular formula is C14H16N4O3. The molecule has 0 radical (unpaired) electrons. The Kier molecular flexibility index (Phi) is 4.02. The van der Waals surface area contributed by atoms with Crippen molar-refractivity contribution in [3.05, 3.63) is 57.4 Å². The third kappa shape index (κ3) is 3.25. The van der Waals surface area contributed by atoms with Gasteiger partial charge in [0.05, 0.1) is 16.7 Å². The highest BCUT2D eigenvalue weighted by Crippen LogP contribution is 2.17. The van der Waals surface area contributed by atoms with Crippen LogP contribution in [-0.2, 0) is 7.05 Å². The summed E-state index contributed by atoms with van der Waals surface area (Å²) in [6.07, 6.45) is 1.84. The molecule has 0 saturated heterocycles. The average molecular weight is 288 g/mol. The van der Waals surface area contributed by atoms with E-state index in [9.17, 15) is 14.9 Å². The van der Waals surface area contributed by atoms with E-state index in [-0.39, 0.29) is 23.2 Å². The van der Waals surface area contributed by atoms with Gasteiger partial charge in [-0.2, -0.15) is 5.10 Å². The van der Waals surface area contributed by atoms with Crippen LogP contribution in [0.3, 0.4) is 0 Å². The number of hydrogen-bond acceptors (Lipinski definition) is 4. The summed E-state index contributed by atoms with van der Waals surface area (Å²) in [6, 6.07) is 5.42. The first-order valence-electron chi connectivity index (χ1n) is 6.44. The Bertz CT molecular complexity index is 693. The standard InChI is InChI=1S/C14H16N4O3/c1-9(13-8-17(3)16-10(13)2)15-14(19)11-5-4-6-12(7-11)18(20)21/h4-9H,1-3H3,(H,15,19). The molecule has 21 heavy (non-hydrogen) atoms. The van der Waals surface area contributed by atoms with Crippen LogP contribution in [0.2, 0.25) is 0 Å². The second kappa shape index (κ2) is 5.74. The van der Waals surface area contributed by atoms with E-state index in [0.29, 0.717) is 0 Å². The zero-order chi connectivity index (χ0) is 15.6. The molecule has 1 heterocycles. The Morgan fingerprint density at radius 3 is 2.76 bits per heavy atom. The van der Waals surface area contributed by atoms with E-state index >= 15 is 0 Å². The molecule has 0 aliphatic rings. The third-order valence-electron chi connectivity index (χ3n) is 3.18. The van der Waals surface area contributed by atoms with Gasteiger partial charge in [0.25, 0.3) is 11.6 Å². The molecule has 1 aromatic carbocycles. The Hall–Kier alpha value is -2.70. The highest BCUT2D eigenvalue weighted by Gasteiger charge is 2.17. The zero-order valence-electron chi connectivity index (χ0n) is 12.0. The number of nitro benzene ring substituents is 1. The SMILES string of the molecule is Cc1nn(C)cc1C(C)NC(=O)c1cccc([N+](=O)[O-])c1. The summed E-state index contributed by atoms with van der Waals surface area (Å²) < 4.78 is 1.68. The topological polar surface area (TPSA) is 90.1 Å². The minimum Gasteiger partial charge on any atom is -0.345 e. The molecule has 1 atom stereocenters. The van der Waals surface area contributed by atoms with E-state index in [4.69, 9.17) is 0 Å². The summed E-state index contributed by atoms with van der Waals surface area (Å²) in [5.74, 6) is -0.352. The first kappa shape index (κ1) is 14.7. The molecule has 0 saturated carbocycles. The van der Waals surface area contributed by atoms with E-state index < -0.39 is 4.92 Å². The fourth-order valence-electron chi connectivity index (χ4n) is 2.16. The Morgan fingerprint density at radius 2 is 2.19 bits per heavy atom. The first-order chi connectivity index (χ1) is 9.88. The average Bonchev–Trinajstić information content (AvgIpc) is 2.77. The largest absolute Gasteiger partial charge is 0.345 e. The molecular weight excluding hydrogens is 272 g/mol. The van der Waals surface area contributed by atoms with Crippen LogP contribution in [0.4, 0.5) is 5.69 Å². The Balaban J connectivity index is 2.16. The van der Waals surface area contributed by atoms with Crippen LogP contribution in [0.25, 0.3) is 0 Å². The number of non-ortho nitro benzene ring substituents is 1. The number of carbonyl (C=O) groups excluding carboxylic acids is 1. The van der Waals surface area contributed by atoms with Gasteiger partial charge >= 0.3 is 0 Å². The van der Waals surface area contributed by atoms with Gasteiger partial charge in [0, 0.05) is 36.5 Å². The highest BCUT2D eigenvalue weighted by atomic mass is 16.6. The summed E-state index contributed by atoms with van der Waals surface area (Å²) in [6.45, 7) is 3.71. The van der Waals surface area contributed by atoms with Crippen LogP contribution in [0.15, 0.2) is 30.5 Å². The molecule has 2 aromatic rings. The predicted molar refractivity (Wildman–Crippen MR) is 76.9 cm³/mol. The second-order valence-electron chi connectivity index (χ2n) is 4.85. The van der Waals surface area contributed by atoms with Crippen molar-refractivity contribution in [2.45, 2.75) is 19.9 Å². The van der Waals surface area contributed by atoms with E-state index in [1.54, 1.807) is 10.7 Å². The molecule has 7 nitrogen and oxygen atoms in total. The van der Waals surface area contributed by atoms with Crippen molar-refractivity contribution in [2.75, 3.05) is 0 Å². The lowest BCUT2D eigenvalue weighted by Crippen LogP contribution is -2.26.